The maximum Gasteiger partial charge on any atom is 0.356 e. The Labute approximate surface area is 144 Å². The molecule has 0 amide bonds. The average molecular weight is 352 g/mol. The molecule has 0 radical (unpaired) electrons. The molecule has 0 aliphatic rings. The van der Waals surface area contributed by atoms with Gasteiger partial charge in [-0.15, -0.1) is 11.3 Å². The predicted molar refractivity (Wildman–Crippen MR) is 94.7 cm³/mol. The van der Waals surface area contributed by atoms with Gasteiger partial charge in [0.1, 0.15) is 5.70 Å². The van der Waals surface area contributed by atoms with E-state index in [4.69, 9.17) is 16.3 Å². The standard InChI is InChI=1S/C16H18ClN3O2S/c1-19(2)9-14(15(21)22-4)20(3)16-18-13(10-23-16)11-5-7-12(17)8-6-11/h5-10H,1-4H3/b14-9+. The van der Waals surface area contributed by atoms with Crippen molar-refractivity contribution in [2.24, 2.45) is 0 Å². The molecule has 0 aliphatic carbocycles. The average Bonchev–Trinajstić information content (AvgIpc) is 3.01. The summed E-state index contributed by atoms with van der Waals surface area (Å²) in [5.74, 6) is -0.413. The van der Waals surface area contributed by atoms with E-state index in [-0.39, 0.29) is 0 Å². The first-order chi connectivity index (χ1) is 10.9. The zero-order valence-corrected chi connectivity index (χ0v) is 15.0. The number of methoxy groups -OCH3 is 1. The molecule has 0 aliphatic heterocycles. The molecule has 5 nitrogen and oxygen atoms in total. The lowest BCUT2D eigenvalue weighted by molar-refractivity contribution is -0.136. The fourth-order valence-electron chi connectivity index (χ4n) is 1.90. The van der Waals surface area contributed by atoms with Crippen molar-refractivity contribution in [3.05, 3.63) is 46.6 Å². The summed E-state index contributed by atoms with van der Waals surface area (Å²) in [5, 5.41) is 3.33. The van der Waals surface area contributed by atoms with E-state index < -0.39 is 5.97 Å². The van der Waals surface area contributed by atoms with Crippen LogP contribution in [0.4, 0.5) is 5.13 Å². The summed E-state index contributed by atoms with van der Waals surface area (Å²) in [6.07, 6.45) is 1.70. The number of rotatable bonds is 5. The Morgan fingerprint density at radius 3 is 2.48 bits per heavy atom. The number of benzene rings is 1. The van der Waals surface area contributed by atoms with Crippen LogP contribution in [0.25, 0.3) is 11.3 Å². The molecule has 23 heavy (non-hydrogen) atoms. The Kier molecular flexibility index (Phi) is 5.63. The molecule has 0 unspecified atom stereocenters. The van der Waals surface area contributed by atoms with E-state index in [1.165, 1.54) is 18.4 Å². The third-order valence-electron chi connectivity index (χ3n) is 3.06. The fraction of sp³-hybridized carbons (Fsp3) is 0.250. The molecule has 0 saturated carbocycles. The second-order valence-electron chi connectivity index (χ2n) is 5.05. The van der Waals surface area contributed by atoms with Crippen LogP contribution in [0.5, 0.6) is 0 Å². The molecule has 2 aromatic rings. The number of hydrogen-bond acceptors (Lipinski definition) is 6. The lowest BCUT2D eigenvalue weighted by Crippen LogP contribution is -2.26. The third-order valence-corrected chi connectivity index (χ3v) is 4.22. The molecule has 0 fully saturated rings. The second kappa shape index (κ2) is 7.48. The highest BCUT2D eigenvalue weighted by molar-refractivity contribution is 7.14. The quantitative estimate of drug-likeness (QED) is 0.609. The van der Waals surface area contributed by atoms with E-state index in [0.29, 0.717) is 15.9 Å². The molecule has 0 atom stereocenters. The number of thiazole rings is 1. The molecule has 1 aromatic carbocycles. The lowest BCUT2D eigenvalue weighted by Gasteiger charge is -2.19. The summed E-state index contributed by atoms with van der Waals surface area (Å²) < 4.78 is 4.85. The maximum absolute atomic E-state index is 12.0. The third kappa shape index (κ3) is 4.24. The van der Waals surface area contributed by atoms with Crippen molar-refractivity contribution in [3.8, 4) is 11.3 Å². The van der Waals surface area contributed by atoms with Crippen LogP contribution in [-0.4, -0.2) is 44.1 Å². The Morgan fingerprint density at radius 2 is 1.91 bits per heavy atom. The van der Waals surface area contributed by atoms with Crippen molar-refractivity contribution < 1.29 is 9.53 Å². The number of carbonyl (C=O) groups excluding carboxylic acids is 1. The zero-order chi connectivity index (χ0) is 17.0. The normalized spacial score (nSPS) is 11.3. The molecule has 122 valence electrons. The van der Waals surface area contributed by atoms with Crippen LogP contribution in [-0.2, 0) is 9.53 Å². The zero-order valence-electron chi connectivity index (χ0n) is 13.4. The van der Waals surface area contributed by atoms with Crippen LogP contribution in [0.2, 0.25) is 5.02 Å². The number of carbonyl (C=O) groups is 1. The highest BCUT2D eigenvalue weighted by Crippen LogP contribution is 2.29. The number of nitrogens with zero attached hydrogens (tertiary/aromatic N) is 3. The van der Waals surface area contributed by atoms with Crippen LogP contribution >= 0.6 is 22.9 Å². The van der Waals surface area contributed by atoms with Gasteiger partial charge in [0.05, 0.1) is 12.8 Å². The van der Waals surface area contributed by atoms with Crippen molar-refractivity contribution in [3.63, 3.8) is 0 Å². The number of hydrogen-bond donors (Lipinski definition) is 0. The van der Waals surface area contributed by atoms with E-state index in [1.54, 1.807) is 23.0 Å². The largest absolute Gasteiger partial charge is 0.464 e. The van der Waals surface area contributed by atoms with Crippen LogP contribution in [0.3, 0.4) is 0 Å². The monoisotopic (exact) mass is 351 g/mol. The van der Waals surface area contributed by atoms with Gasteiger partial charge in [-0.2, -0.15) is 0 Å². The number of esters is 1. The highest BCUT2D eigenvalue weighted by Gasteiger charge is 2.19. The van der Waals surface area contributed by atoms with E-state index in [2.05, 4.69) is 4.98 Å². The smallest absolute Gasteiger partial charge is 0.356 e. The minimum Gasteiger partial charge on any atom is -0.464 e. The molecule has 2 rings (SSSR count). The summed E-state index contributed by atoms with van der Waals surface area (Å²) >= 11 is 7.36. The number of ether oxygens (including phenoxy) is 1. The first kappa shape index (κ1) is 17.3. The molecule has 0 saturated heterocycles. The molecular weight excluding hydrogens is 334 g/mol. The van der Waals surface area contributed by atoms with Gasteiger partial charge in [-0.25, -0.2) is 9.78 Å². The highest BCUT2D eigenvalue weighted by atomic mass is 35.5. The van der Waals surface area contributed by atoms with Crippen molar-refractivity contribution in [2.45, 2.75) is 0 Å². The Hall–Kier alpha value is -2.05. The predicted octanol–water partition coefficient (Wildman–Crippen LogP) is 3.48. The van der Waals surface area contributed by atoms with Crippen molar-refractivity contribution in [1.29, 1.82) is 0 Å². The van der Waals surface area contributed by atoms with Gasteiger partial charge < -0.3 is 14.5 Å². The summed E-state index contributed by atoms with van der Waals surface area (Å²) in [6, 6.07) is 7.48. The van der Waals surface area contributed by atoms with Gasteiger partial charge in [-0.1, -0.05) is 23.7 Å². The van der Waals surface area contributed by atoms with Gasteiger partial charge in [0.15, 0.2) is 5.13 Å². The van der Waals surface area contributed by atoms with E-state index >= 15 is 0 Å². The molecule has 1 aromatic heterocycles. The maximum atomic E-state index is 12.0. The van der Waals surface area contributed by atoms with Gasteiger partial charge in [0.25, 0.3) is 0 Å². The molecule has 1 heterocycles. The van der Waals surface area contributed by atoms with Gasteiger partial charge in [0, 0.05) is 43.3 Å². The number of likely N-dealkylation sites (N-methyl/N-ethyl adjacent to an activating group) is 1. The minimum atomic E-state index is -0.413. The lowest BCUT2D eigenvalue weighted by atomic mass is 10.2. The Morgan fingerprint density at radius 1 is 1.26 bits per heavy atom. The first-order valence-corrected chi connectivity index (χ1v) is 8.10. The fourth-order valence-corrected chi connectivity index (χ4v) is 2.84. The summed E-state index contributed by atoms with van der Waals surface area (Å²) in [7, 11) is 6.84. The minimum absolute atomic E-state index is 0.412. The van der Waals surface area contributed by atoms with Gasteiger partial charge in [-0.3, -0.25) is 0 Å². The molecular formula is C16H18ClN3O2S. The summed E-state index contributed by atoms with van der Waals surface area (Å²) in [4.78, 5) is 20.1. The molecule has 0 spiro atoms. The SMILES string of the molecule is COC(=O)/C(=C\N(C)C)N(C)c1nc(-c2ccc(Cl)cc2)cs1. The summed E-state index contributed by atoms with van der Waals surface area (Å²) in [5.41, 5.74) is 2.22. The van der Waals surface area contributed by atoms with Crippen LogP contribution in [0.15, 0.2) is 41.5 Å². The number of anilines is 1. The number of halogens is 1. The summed E-state index contributed by atoms with van der Waals surface area (Å²) in [6.45, 7) is 0. The first-order valence-electron chi connectivity index (χ1n) is 6.84. The van der Waals surface area contributed by atoms with E-state index in [9.17, 15) is 4.79 Å². The van der Waals surface area contributed by atoms with Crippen molar-refractivity contribution >= 4 is 34.0 Å². The van der Waals surface area contributed by atoms with E-state index in [1.807, 2.05) is 43.7 Å². The van der Waals surface area contributed by atoms with Gasteiger partial charge >= 0.3 is 5.97 Å². The van der Waals surface area contributed by atoms with Crippen LogP contribution in [0, 0.1) is 0 Å². The van der Waals surface area contributed by atoms with Crippen LogP contribution in [0.1, 0.15) is 0 Å². The number of aromatic nitrogens is 1. The van der Waals surface area contributed by atoms with E-state index in [0.717, 1.165) is 11.3 Å². The van der Waals surface area contributed by atoms with Gasteiger partial charge in [0.2, 0.25) is 0 Å². The van der Waals surface area contributed by atoms with Crippen LogP contribution < -0.4 is 4.90 Å². The Bertz CT molecular complexity index is 710. The Balaban J connectivity index is 2.30. The molecule has 0 bridgehead atoms. The van der Waals surface area contributed by atoms with Crippen molar-refractivity contribution in [2.75, 3.05) is 33.2 Å². The topological polar surface area (TPSA) is 45.7 Å². The van der Waals surface area contributed by atoms with Crippen molar-refractivity contribution in [1.82, 2.24) is 9.88 Å². The second-order valence-corrected chi connectivity index (χ2v) is 6.32. The van der Waals surface area contributed by atoms with Gasteiger partial charge in [-0.05, 0) is 12.1 Å². The molecule has 0 N–H and O–H groups in total. The molecule has 7 heteroatoms.